The molecule has 0 spiro atoms. The highest BCUT2D eigenvalue weighted by Gasteiger charge is 2.12. The first kappa shape index (κ1) is 11.2. The van der Waals surface area contributed by atoms with Gasteiger partial charge in [0.15, 0.2) is 0 Å². The number of halogens is 1. The third-order valence-electron chi connectivity index (χ3n) is 2.80. The summed E-state index contributed by atoms with van der Waals surface area (Å²) in [7, 11) is 0. The lowest BCUT2D eigenvalue weighted by Crippen LogP contribution is -2.01. The predicted octanol–water partition coefficient (Wildman–Crippen LogP) is 4.45. The maximum atomic E-state index is 5.90. The third-order valence-corrected chi connectivity index (χ3v) is 3.02. The van der Waals surface area contributed by atoms with E-state index in [1.165, 1.54) is 11.1 Å². The smallest absolute Gasteiger partial charge is 0.0232 e. The second-order valence-electron chi connectivity index (χ2n) is 3.85. The highest BCUT2D eigenvalue weighted by molar-refractivity contribution is 6.17. The van der Waals surface area contributed by atoms with E-state index in [-0.39, 0.29) is 0 Å². The molecule has 0 aliphatic rings. The van der Waals surface area contributed by atoms with Crippen LogP contribution in [0.25, 0.3) is 0 Å². The van der Waals surface area contributed by atoms with Gasteiger partial charge in [-0.2, -0.15) is 0 Å². The minimum absolute atomic E-state index is 0.417. The Morgan fingerprint density at radius 3 is 1.56 bits per heavy atom. The molecule has 0 amide bonds. The highest BCUT2D eigenvalue weighted by atomic mass is 35.5. The summed E-state index contributed by atoms with van der Waals surface area (Å²) in [6.45, 7) is 0. The Hall–Kier alpha value is -1.27. The number of hydrogen-bond acceptors (Lipinski definition) is 0. The van der Waals surface area contributed by atoms with E-state index in [0.717, 1.165) is 6.42 Å². The summed E-state index contributed by atoms with van der Waals surface area (Å²) in [5.74, 6) is 1.11. The van der Waals surface area contributed by atoms with Crippen molar-refractivity contribution in [1.29, 1.82) is 0 Å². The maximum absolute atomic E-state index is 5.90. The minimum Gasteiger partial charge on any atom is -0.127 e. The van der Waals surface area contributed by atoms with Gasteiger partial charge in [0.1, 0.15) is 0 Å². The van der Waals surface area contributed by atoms with E-state index >= 15 is 0 Å². The Morgan fingerprint density at radius 2 is 1.19 bits per heavy atom. The molecule has 0 bridgehead atoms. The van der Waals surface area contributed by atoms with E-state index in [0.29, 0.717) is 11.8 Å². The van der Waals surface area contributed by atoms with Crippen molar-refractivity contribution in [2.75, 3.05) is 5.88 Å². The van der Waals surface area contributed by atoms with Crippen LogP contribution in [-0.4, -0.2) is 5.88 Å². The zero-order valence-corrected chi connectivity index (χ0v) is 9.90. The van der Waals surface area contributed by atoms with Crippen LogP contribution >= 0.6 is 11.6 Å². The number of hydrogen-bond donors (Lipinski definition) is 0. The first-order valence-electron chi connectivity index (χ1n) is 5.57. The van der Waals surface area contributed by atoms with Crippen LogP contribution in [0, 0.1) is 0 Å². The van der Waals surface area contributed by atoms with Crippen molar-refractivity contribution in [1.82, 2.24) is 0 Å². The molecule has 1 heteroatoms. The molecule has 0 aliphatic carbocycles. The number of benzene rings is 2. The average Bonchev–Trinajstić information content (AvgIpc) is 2.38. The molecule has 0 saturated carbocycles. The van der Waals surface area contributed by atoms with E-state index in [4.69, 9.17) is 11.6 Å². The van der Waals surface area contributed by atoms with Crippen molar-refractivity contribution >= 4 is 11.6 Å². The Labute approximate surface area is 102 Å². The van der Waals surface area contributed by atoms with Crippen LogP contribution in [0.15, 0.2) is 60.7 Å². The fraction of sp³-hybridized carbons (Fsp3) is 0.200. The van der Waals surface area contributed by atoms with E-state index in [9.17, 15) is 0 Å². The van der Waals surface area contributed by atoms with Gasteiger partial charge in [-0.15, -0.1) is 11.6 Å². The molecule has 2 rings (SSSR count). The molecule has 2 aromatic carbocycles. The number of alkyl halides is 1. The SMILES string of the molecule is ClCCC(c1ccccc1)c1ccccc1. The van der Waals surface area contributed by atoms with Crippen LogP contribution in [0.3, 0.4) is 0 Å². The minimum atomic E-state index is 0.417. The van der Waals surface area contributed by atoms with Crippen LogP contribution in [0.5, 0.6) is 0 Å². The summed E-state index contributed by atoms with van der Waals surface area (Å²) in [6, 6.07) is 21.1. The van der Waals surface area contributed by atoms with Crippen LogP contribution in [0.4, 0.5) is 0 Å². The van der Waals surface area contributed by atoms with Gasteiger partial charge in [-0.1, -0.05) is 60.7 Å². The summed E-state index contributed by atoms with van der Waals surface area (Å²) in [5, 5.41) is 0. The third kappa shape index (κ3) is 2.65. The fourth-order valence-corrected chi connectivity index (χ4v) is 2.22. The molecule has 0 saturated heterocycles. The van der Waals surface area contributed by atoms with Gasteiger partial charge in [-0.25, -0.2) is 0 Å². The summed E-state index contributed by atoms with van der Waals surface area (Å²) in [4.78, 5) is 0. The molecule has 2 aromatic rings. The van der Waals surface area contributed by atoms with Gasteiger partial charge in [0.05, 0.1) is 0 Å². The van der Waals surface area contributed by atoms with Gasteiger partial charge < -0.3 is 0 Å². The Balaban J connectivity index is 2.31. The van der Waals surface area contributed by atoms with Crippen molar-refractivity contribution in [2.45, 2.75) is 12.3 Å². The first-order valence-corrected chi connectivity index (χ1v) is 6.11. The van der Waals surface area contributed by atoms with Crippen LogP contribution in [0.1, 0.15) is 23.5 Å². The summed E-state index contributed by atoms with van der Waals surface area (Å²) in [6.07, 6.45) is 0.982. The molecule has 82 valence electrons. The quantitative estimate of drug-likeness (QED) is 0.681. The van der Waals surface area contributed by atoms with Gasteiger partial charge in [0.2, 0.25) is 0 Å². The molecule has 0 N–H and O–H groups in total. The van der Waals surface area contributed by atoms with Gasteiger partial charge in [0, 0.05) is 11.8 Å². The van der Waals surface area contributed by atoms with Crippen molar-refractivity contribution < 1.29 is 0 Å². The molecule has 0 unspecified atom stereocenters. The van der Waals surface area contributed by atoms with Gasteiger partial charge in [-0.3, -0.25) is 0 Å². The topological polar surface area (TPSA) is 0 Å². The Bertz CT molecular complexity index is 368. The van der Waals surface area contributed by atoms with Crippen LogP contribution in [-0.2, 0) is 0 Å². The molecular weight excluding hydrogens is 216 g/mol. The molecule has 0 radical (unpaired) electrons. The standard InChI is InChI=1S/C15H15Cl/c16-12-11-15(13-7-3-1-4-8-13)14-9-5-2-6-10-14/h1-10,15H,11-12H2. The molecular formula is C15H15Cl. The monoisotopic (exact) mass is 230 g/mol. The predicted molar refractivity (Wildman–Crippen MR) is 70.1 cm³/mol. The second-order valence-corrected chi connectivity index (χ2v) is 4.23. The second kappa shape index (κ2) is 5.72. The number of rotatable bonds is 4. The Morgan fingerprint density at radius 1 is 0.750 bits per heavy atom. The van der Waals surface area contributed by atoms with E-state index in [1.54, 1.807) is 0 Å². The molecule has 16 heavy (non-hydrogen) atoms. The lowest BCUT2D eigenvalue weighted by molar-refractivity contribution is 0.782. The fourth-order valence-electron chi connectivity index (χ4n) is 2.01. The van der Waals surface area contributed by atoms with Gasteiger partial charge >= 0.3 is 0 Å². The lowest BCUT2D eigenvalue weighted by atomic mass is 9.89. The van der Waals surface area contributed by atoms with Crippen molar-refractivity contribution in [3.8, 4) is 0 Å². The molecule has 0 aliphatic heterocycles. The van der Waals surface area contributed by atoms with Crippen molar-refractivity contribution in [2.24, 2.45) is 0 Å². The molecule has 0 heterocycles. The lowest BCUT2D eigenvalue weighted by Gasteiger charge is -2.16. The average molecular weight is 231 g/mol. The molecule has 0 fully saturated rings. The first-order chi connectivity index (χ1) is 7.92. The molecule has 0 aromatic heterocycles. The van der Waals surface area contributed by atoms with E-state index in [2.05, 4.69) is 48.5 Å². The zero-order chi connectivity index (χ0) is 11.2. The van der Waals surface area contributed by atoms with Crippen LogP contribution < -0.4 is 0 Å². The Kier molecular flexibility index (Phi) is 4.01. The van der Waals surface area contributed by atoms with Crippen molar-refractivity contribution in [3.63, 3.8) is 0 Å². The summed E-state index contributed by atoms with van der Waals surface area (Å²) < 4.78 is 0. The van der Waals surface area contributed by atoms with Crippen molar-refractivity contribution in [3.05, 3.63) is 71.8 Å². The van der Waals surface area contributed by atoms with E-state index in [1.807, 2.05) is 12.1 Å². The summed E-state index contributed by atoms with van der Waals surface area (Å²) in [5.41, 5.74) is 2.68. The normalized spacial score (nSPS) is 10.6. The summed E-state index contributed by atoms with van der Waals surface area (Å²) >= 11 is 5.90. The maximum Gasteiger partial charge on any atom is 0.0232 e. The highest BCUT2D eigenvalue weighted by Crippen LogP contribution is 2.27. The largest absolute Gasteiger partial charge is 0.127 e. The van der Waals surface area contributed by atoms with Crippen LogP contribution in [0.2, 0.25) is 0 Å². The molecule has 0 atom stereocenters. The molecule has 0 nitrogen and oxygen atoms in total. The zero-order valence-electron chi connectivity index (χ0n) is 9.14. The van der Waals surface area contributed by atoms with Gasteiger partial charge in [-0.05, 0) is 17.5 Å². The van der Waals surface area contributed by atoms with Gasteiger partial charge in [0.25, 0.3) is 0 Å². The van der Waals surface area contributed by atoms with E-state index < -0.39 is 0 Å².